The van der Waals surface area contributed by atoms with Gasteiger partial charge in [0.25, 0.3) is 17.5 Å². The summed E-state index contributed by atoms with van der Waals surface area (Å²) in [4.78, 5) is 49.6. The number of carbonyl (C=O) groups is 3. The number of nitrogens with zero attached hydrogens (tertiary/aromatic N) is 2. The van der Waals surface area contributed by atoms with Crippen LogP contribution in [-0.2, 0) is 16.2 Å². The van der Waals surface area contributed by atoms with Gasteiger partial charge in [-0.1, -0.05) is 23.7 Å². The van der Waals surface area contributed by atoms with Gasteiger partial charge in [0.1, 0.15) is 12.2 Å². The fourth-order valence-corrected chi connectivity index (χ4v) is 3.93. The lowest BCUT2D eigenvalue weighted by atomic mass is 10.1. The monoisotopic (exact) mass is 535 g/mol. The molecule has 0 aliphatic carbocycles. The Labute approximate surface area is 222 Å². The predicted octanol–water partition coefficient (Wildman–Crippen LogP) is 5.20. The smallest absolute Gasteiger partial charge is 0.335 e. The highest BCUT2D eigenvalue weighted by Gasteiger charge is 2.37. The molecule has 3 aromatic rings. The van der Waals surface area contributed by atoms with Gasteiger partial charge in [-0.25, -0.2) is 9.69 Å². The molecule has 0 bridgehead atoms. The number of rotatable bonds is 8. The second kappa shape index (κ2) is 11.1. The van der Waals surface area contributed by atoms with Crippen molar-refractivity contribution in [2.24, 2.45) is 0 Å². The Bertz CT molecular complexity index is 1470. The van der Waals surface area contributed by atoms with E-state index in [1.165, 1.54) is 18.2 Å². The van der Waals surface area contributed by atoms with E-state index in [0.29, 0.717) is 34.3 Å². The summed E-state index contributed by atoms with van der Waals surface area (Å²) in [5.74, 6) is -0.850. The minimum Gasteiger partial charge on any atom is -0.490 e. The summed E-state index contributed by atoms with van der Waals surface area (Å²) in [6, 6.07) is 14.8. The third-order valence-corrected chi connectivity index (χ3v) is 6.11. The van der Waals surface area contributed by atoms with Crippen molar-refractivity contribution in [3.05, 3.63) is 98.1 Å². The number of hydrogen-bond donors (Lipinski definition) is 1. The van der Waals surface area contributed by atoms with Crippen molar-refractivity contribution >= 4 is 46.9 Å². The Hall–Kier alpha value is -4.70. The van der Waals surface area contributed by atoms with Gasteiger partial charge in [0.15, 0.2) is 11.5 Å². The van der Waals surface area contributed by atoms with Gasteiger partial charge < -0.3 is 9.47 Å². The number of barbiturate groups is 1. The van der Waals surface area contributed by atoms with Crippen LogP contribution in [0.4, 0.5) is 16.2 Å². The van der Waals surface area contributed by atoms with Crippen molar-refractivity contribution in [3.8, 4) is 11.5 Å². The summed E-state index contributed by atoms with van der Waals surface area (Å²) in [5.41, 5.74) is 1.70. The molecule has 38 heavy (non-hydrogen) atoms. The van der Waals surface area contributed by atoms with Crippen LogP contribution in [0.15, 0.2) is 66.2 Å². The van der Waals surface area contributed by atoms with Crippen molar-refractivity contribution in [2.45, 2.75) is 20.5 Å². The lowest BCUT2D eigenvalue weighted by Gasteiger charge is -2.27. The van der Waals surface area contributed by atoms with Crippen molar-refractivity contribution in [1.82, 2.24) is 5.32 Å². The lowest BCUT2D eigenvalue weighted by Crippen LogP contribution is -2.54. The molecular weight excluding hydrogens is 514 g/mol. The molecule has 1 aliphatic heterocycles. The zero-order valence-electron chi connectivity index (χ0n) is 20.4. The summed E-state index contributed by atoms with van der Waals surface area (Å²) >= 11 is 6.17. The molecule has 1 aliphatic rings. The van der Waals surface area contributed by atoms with Crippen LogP contribution in [0.2, 0.25) is 5.02 Å². The van der Waals surface area contributed by atoms with Crippen LogP contribution in [0, 0.1) is 17.0 Å². The zero-order chi connectivity index (χ0) is 27.4. The van der Waals surface area contributed by atoms with Crippen LogP contribution in [0.3, 0.4) is 0 Å². The number of hydrogen-bond acceptors (Lipinski definition) is 7. The van der Waals surface area contributed by atoms with E-state index in [9.17, 15) is 24.5 Å². The Morgan fingerprint density at radius 1 is 1.03 bits per heavy atom. The number of carbonyl (C=O) groups excluding carboxylic acids is 3. The first-order valence-corrected chi connectivity index (χ1v) is 11.9. The molecule has 1 saturated heterocycles. The van der Waals surface area contributed by atoms with Gasteiger partial charge in [0.05, 0.1) is 17.2 Å². The van der Waals surface area contributed by atoms with Gasteiger partial charge in [-0.2, -0.15) is 0 Å². The second-order valence-corrected chi connectivity index (χ2v) is 8.60. The number of ether oxygens (including phenoxy) is 2. The molecule has 4 rings (SSSR count). The van der Waals surface area contributed by atoms with Gasteiger partial charge >= 0.3 is 6.03 Å². The summed E-state index contributed by atoms with van der Waals surface area (Å²) in [5, 5.41) is 13.4. The molecule has 194 valence electrons. The third kappa shape index (κ3) is 5.50. The van der Waals surface area contributed by atoms with Crippen LogP contribution in [-0.4, -0.2) is 29.4 Å². The van der Waals surface area contributed by atoms with Gasteiger partial charge in [0, 0.05) is 17.2 Å². The fraction of sp³-hybridized carbons (Fsp3) is 0.148. The first-order chi connectivity index (χ1) is 18.2. The molecule has 3 aromatic carbocycles. The molecule has 0 unspecified atom stereocenters. The van der Waals surface area contributed by atoms with Crippen LogP contribution in [0.1, 0.15) is 23.6 Å². The third-order valence-electron chi connectivity index (χ3n) is 5.70. The fourth-order valence-electron chi connectivity index (χ4n) is 3.76. The summed E-state index contributed by atoms with van der Waals surface area (Å²) < 4.78 is 11.5. The summed E-state index contributed by atoms with van der Waals surface area (Å²) in [6.45, 7) is 3.92. The Balaban J connectivity index is 1.60. The number of benzene rings is 3. The number of nitrogens with one attached hydrogen (secondary N) is 1. The number of halogens is 1. The summed E-state index contributed by atoms with van der Waals surface area (Å²) in [6.07, 6.45) is 1.36. The molecule has 1 fully saturated rings. The van der Waals surface area contributed by atoms with Crippen LogP contribution < -0.4 is 19.7 Å². The number of anilines is 1. The Morgan fingerprint density at radius 2 is 1.76 bits per heavy atom. The molecule has 0 atom stereocenters. The van der Waals surface area contributed by atoms with Crippen LogP contribution in [0.5, 0.6) is 11.5 Å². The molecule has 1 heterocycles. The molecule has 0 radical (unpaired) electrons. The molecule has 10 nitrogen and oxygen atoms in total. The largest absolute Gasteiger partial charge is 0.490 e. The number of urea groups is 1. The van der Waals surface area contributed by atoms with E-state index in [1.54, 1.807) is 62.4 Å². The average molecular weight is 536 g/mol. The van der Waals surface area contributed by atoms with Crippen molar-refractivity contribution in [1.29, 1.82) is 0 Å². The predicted molar refractivity (Wildman–Crippen MR) is 140 cm³/mol. The minimum absolute atomic E-state index is 0.0202. The Kier molecular flexibility index (Phi) is 7.73. The van der Waals surface area contributed by atoms with E-state index in [-0.39, 0.29) is 23.6 Å². The number of amides is 4. The summed E-state index contributed by atoms with van der Waals surface area (Å²) in [7, 11) is 0. The highest BCUT2D eigenvalue weighted by molar-refractivity contribution is 6.39. The number of non-ortho nitro benzene ring substituents is 1. The zero-order valence-corrected chi connectivity index (χ0v) is 21.2. The molecule has 1 N–H and O–H groups in total. The molecule has 11 heteroatoms. The number of imide groups is 2. The van der Waals surface area contributed by atoms with E-state index in [4.69, 9.17) is 21.1 Å². The van der Waals surface area contributed by atoms with E-state index in [1.807, 2.05) is 0 Å². The molecule has 0 spiro atoms. The lowest BCUT2D eigenvalue weighted by molar-refractivity contribution is -0.384. The van der Waals surface area contributed by atoms with Crippen LogP contribution in [0.25, 0.3) is 6.08 Å². The van der Waals surface area contributed by atoms with E-state index >= 15 is 0 Å². The maximum absolute atomic E-state index is 13.3. The van der Waals surface area contributed by atoms with Crippen molar-refractivity contribution in [2.75, 3.05) is 11.5 Å². The van der Waals surface area contributed by atoms with E-state index in [2.05, 4.69) is 5.32 Å². The van der Waals surface area contributed by atoms with Gasteiger partial charge in [-0.05, 0) is 73.0 Å². The average Bonchev–Trinajstić information content (AvgIpc) is 2.89. The standard InChI is InChI=1S/C27H22ClN3O7/c1-3-37-24-14-18(9-12-23(24)38-15-17-7-10-19(11-8-17)31(35)36)13-20-25(32)29-27(34)30(26(20)33)22-6-4-5-21(28)16(22)2/h4-14H,3,15H2,1-2H3,(H,29,32,34)/b20-13+. The number of nitro groups is 1. The quantitative estimate of drug-likeness (QED) is 0.182. The van der Waals surface area contributed by atoms with Crippen molar-refractivity contribution < 1.29 is 28.8 Å². The molecule has 0 aromatic heterocycles. The van der Waals surface area contributed by atoms with E-state index in [0.717, 1.165) is 10.5 Å². The second-order valence-electron chi connectivity index (χ2n) is 8.19. The maximum Gasteiger partial charge on any atom is 0.335 e. The first kappa shape index (κ1) is 26.4. The molecular formula is C27H22ClN3O7. The molecule has 0 saturated carbocycles. The van der Waals surface area contributed by atoms with Gasteiger partial charge in [-0.3, -0.25) is 25.0 Å². The highest BCUT2D eigenvalue weighted by atomic mass is 35.5. The SMILES string of the molecule is CCOc1cc(/C=C2\C(=O)NC(=O)N(c3cccc(Cl)c3C)C2=O)ccc1OCc1ccc([N+](=O)[O-])cc1. The maximum atomic E-state index is 13.3. The molecule has 4 amide bonds. The first-order valence-electron chi connectivity index (χ1n) is 11.5. The van der Waals surface area contributed by atoms with Crippen LogP contribution >= 0.6 is 11.6 Å². The topological polar surface area (TPSA) is 128 Å². The number of nitro benzene ring substituents is 1. The van der Waals surface area contributed by atoms with Gasteiger partial charge in [-0.15, -0.1) is 0 Å². The Morgan fingerprint density at radius 3 is 2.45 bits per heavy atom. The van der Waals surface area contributed by atoms with Gasteiger partial charge in [0.2, 0.25) is 0 Å². The highest BCUT2D eigenvalue weighted by Crippen LogP contribution is 2.32. The van der Waals surface area contributed by atoms with E-state index < -0.39 is 22.8 Å². The van der Waals surface area contributed by atoms with Crippen molar-refractivity contribution in [3.63, 3.8) is 0 Å². The normalized spacial score (nSPS) is 14.4. The minimum atomic E-state index is -0.868.